The molecule has 1 fully saturated rings. The van der Waals surface area contributed by atoms with E-state index < -0.39 is 5.60 Å². The monoisotopic (exact) mass is 315 g/mol. The van der Waals surface area contributed by atoms with E-state index in [1.807, 2.05) is 29.2 Å². The topological polar surface area (TPSA) is 46.6 Å². The first-order valence-electron chi connectivity index (χ1n) is 8.37. The van der Waals surface area contributed by atoms with E-state index in [0.29, 0.717) is 37.2 Å². The van der Waals surface area contributed by atoms with Crippen LogP contribution >= 0.6 is 0 Å². The third-order valence-electron chi connectivity index (χ3n) is 4.71. The quantitative estimate of drug-likeness (QED) is 0.797. The summed E-state index contributed by atoms with van der Waals surface area (Å²) in [6.07, 6.45) is 2.43. The lowest BCUT2D eigenvalue weighted by atomic mass is 9.82. The molecule has 0 radical (unpaired) electrons. The third-order valence-corrected chi connectivity index (χ3v) is 4.71. The Hall–Kier alpha value is -1.84. The van der Waals surface area contributed by atoms with E-state index in [9.17, 15) is 9.59 Å². The zero-order valence-corrected chi connectivity index (χ0v) is 14.2. The van der Waals surface area contributed by atoms with Crippen molar-refractivity contribution in [3.63, 3.8) is 0 Å². The summed E-state index contributed by atoms with van der Waals surface area (Å²) >= 11 is 0. The highest BCUT2D eigenvalue weighted by Crippen LogP contribution is 2.39. The van der Waals surface area contributed by atoms with Gasteiger partial charge in [0.15, 0.2) is 5.78 Å². The summed E-state index contributed by atoms with van der Waals surface area (Å²) < 4.78 is 6.20. The summed E-state index contributed by atoms with van der Waals surface area (Å²) in [6.45, 7) is 7.58. The molecule has 2 heterocycles. The van der Waals surface area contributed by atoms with Crippen LogP contribution in [-0.2, 0) is 4.79 Å². The molecule has 1 spiro atoms. The number of hydrogen-bond donors (Lipinski definition) is 0. The van der Waals surface area contributed by atoms with Crippen LogP contribution < -0.4 is 4.74 Å². The first kappa shape index (κ1) is 16.0. The third kappa shape index (κ3) is 3.41. The van der Waals surface area contributed by atoms with Gasteiger partial charge in [0.25, 0.3) is 0 Å². The highest BCUT2D eigenvalue weighted by Gasteiger charge is 2.43. The smallest absolute Gasteiger partial charge is 0.223 e. The summed E-state index contributed by atoms with van der Waals surface area (Å²) in [7, 11) is 0. The number of nitrogens with zero attached hydrogens (tertiary/aromatic N) is 1. The van der Waals surface area contributed by atoms with Crippen LogP contribution in [0, 0.1) is 5.41 Å². The van der Waals surface area contributed by atoms with Crippen molar-refractivity contribution in [3.8, 4) is 5.75 Å². The molecule has 1 aromatic rings. The number of piperidine rings is 1. The zero-order chi connectivity index (χ0) is 16.7. The number of benzene rings is 1. The van der Waals surface area contributed by atoms with Crippen molar-refractivity contribution in [1.29, 1.82) is 0 Å². The Kier molecular flexibility index (Phi) is 3.95. The van der Waals surface area contributed by atoms with Gasteiger partial charge in [0.2, 0.25) is 5.91 Å². The SMILES string of the molecule is CC(C)(C)CC(=O)N1CCC2(CC1)CC(=O)c1ccccc1O2. The predicted octanol–water partition coefficient (Wildman–Crippen LogP) is 3.45. The Bertz CT molecular complexity index is 622. The molecular weight excluding hydrogens is 290 g/mol. The molecule has 0 aliphatic carbocycles. The summed E-state index contributed by atoms with van der Waals surface area (Å²) in [5.74, 6) is 1.05. The summed E-state index contributed by atoms with van der Waals surface area (Å²) in [4.78, 5) is 26.7. The molecule has 1 amide bonds. The fourth-order valence-corrected chi connectivity index (χ4v) is 3.45. The van der Waals surface area contributed by atoms with Crippen LogP contribution in [0.15, 0.2) is 24.3 Å². The number of amides is 1. The molecule has 0 atom stereocenters. The molecule has 0 saturated carbocycles. The molecule has 124 valence electrons. The van der Waals surface area contributed by atoms with Gasteiger partial charge in [-0.2, -0.15) is 0 Å². The second kappa shape index (κ2) is 5.66. The van der Waals surface area contributed by atoms with E-state index in [0.717, 1.165) is 12.8 Å². The van der Waals surface area contributed by atoms with Crippen molar-refractivity contribution in [3.05, 3.63) is 29.8 Å². The van der Waals surface area contributed by atoms with Crippen molar-refractivity contribution in [1.82, 2.24) is 4.90 Å². The summed E-state index contributed by atoms with van der Waals surface area (Å²) in [6, 6.07) is 7.46. The lowest BCUT2D eigenvalue weighted by Crippen LogP contribution is -2.52. The lowest BCUT2D eigenvalue weighted by molar-refractivity contribution is -0.136. The number of fused-ring (bicyclic) bond motifs is 1. The summed E-state index contributed by atoms with van der Waals surface area (Å²) in [5, 5.41) is 0. The van der Waals surface area contributed by atoms with Crippen LogP contribution in [0.4, 0.5) is 0 Å². The number of hydrogen-bond acceptors (Lipinski definition) is 3. The Labute approximate surface area is 137 Å². The number of rotatable bonds is 1. The average Bonchev–Trinajstić information content (AvgIpc) is 2.46. The van der Waals surface area contributed by atoms with Crippen LogP contribution in [0.5, 0.6) is 5.75 Å². The first-order valence-corrected chi connectivity index (χ1v) is 8.37. The van der Waals surface area contributed by atoms with Gasteiger partial charge in [0, 0.05) is 32.4 Å². The number of ether oxygens (including phenoxy) is 1. The molecule has 2 aliphatic heterocycles. The Balaban J connectivity index is 1.67. The molecule has 0 bridgehead atoms. The van der Waals surface area contributed by atoms with Crippen LogP contribution in [0.3, 0.4) is 0 Å². The standard InChI is InChI=1S/C19H25NO3/c1-18(2,3)13-17(22)20-10-8-19(9-11-20)12-15(21)14-6-4-5-7-16(14)23-19/h4-7H,8-13H2,1-3H3. The molecule has 4 heteroatoms. The molecule has 0 unspecified atom stereocenters. The maximum atomic E-state index is 12.4. The van der Waals surface area contributed by atoms with Crippen molar-refractivity contribution in [2.45, 2.75) is 52.1 Å². The Morgan fingerprint density at radius 3 is 2.52 bits per heavy atom. The van der Waals surface area contributed by atoms with Crippen LogP contribution in [0.2, 0.25) is 0 Å². The lowest BCUT2D eigenvalue weighted by Gasteiger charge is -2.44. The van der Waals surface area contributed by atoms with Gasteiger partial charge in [-0.3, -0.25) is 9.59 Å². The second-order valence-corrected chi connectivity index (χ2v) is 8.00. The van der Waals surface area contributed by atoms with Crippen molar-refractivity contribution >= 4 is 11.7 Å². The van der Waals surface area contributed by atoms with Crippen LogP contribution in [-0.4, -0.2) is 35.3 Å². The number of carbonyl (C=O) groups is 2. The molecular formula is C19H25NO3. The number of Topliss-reactive ketones (excluding diaryl/α,β-unsaturated/α-hetero) is 1. The van der Waals surface area contributed by atoms with Gasteiger partial charge in [-0.25, -0.2) is 0 Å². The van der Waals surface area contributed by atoms with Gasteiger partial charge in [0.05, 0.1) is 12.0 Å². The molecule has 0 aromatic heterocycles. The van der Waals surface area contributed by atoms with Gasteiger partial charge in [-0.05, 0) is 17.5 Å². The minimum absolute atomic E-state index is 0.00244. The molecule has 3 rings (SSSR count). The van der Waals surface area contributed by atoms with Gasteiger partial charge < -0.3 is 9.64 Å². The van der Waals surface area contributed by atoms with Crippen LogP contribution in [0.25, 0.3) is 0 Å². The minimum atomic E-state index is -0.427. The highest BCUT2D eigenvalue weighted by atomic mass is 16.5. The van der Waals surface area contributed by atoms with Gasteiger partial charge >= 0.3 is 0 Å². The Morgan fingerprint density at radius 1 is 1.22 bits per heavy atom. The summed E-state index contributed by atoms with van der Waals surface area (Å²) in [5.41, 5.74) is 0.260. The van der Waals surface area contributed by atoms with Crippen molar-refractivity contribution < 1.29 is 14.3 Å². The van der Waals surface area contributed by atoms with Crippen molar-refractivity contribution in [2.24, 2.45) is 5.41 Å². The van der Waals surface area contributed by atoms with E-state index in [2.05, 4.69) is 20.8 Å². The largest absolute Gasteiger partial charge is 0.486 e. The van der Waals surface area contributed by atoms with Crippen molar-refractivity contribution in [2.75, 3.05) is 13.1 Å². The van der Waals surface area contributed by atoms with Gasteiger partial charge in [-0.15, -0.1) is 0 Å². The predicted molar refractivity (Wildman–Crippen MR) is 88.6 cm³/mol. The second-order valence-electron chi connectivity index (χ2n) is 8.00. The molecule has 1 aromatic carbocycles. The average molecular weight is 315 g/mol. The maximum absolute atomic E-state index is 12.4. The number of likely N-dealkylation sites (tertiary alicyclic amines) is 1. The molecule has 23 heavy (non-hydrogen) atoms. The first-order chi connectivity index (χ1) is 10.8. The van der Waals surface area contributed by atoms with Gasteiger partial charge in [-0.1, -0.05) is 32.9 Å². The normalized spacial score (nSPS) is 20.1. The highest BCUT2D eigenvalue weighted by molar-refractivity contribution is 6.00. The van der Waals surface area contributed by atoms with E-state index in [1.165, 1.54) is 0 Å². The molecule has 1 saturated heterocycles. The van der Waals surface area contributed by atoms with Gasteiger partial charge in [0.1, 0.15) is 11.4 Å². The molecule has 0 N–H and O–H groups in total. The minimum Gasteiger partial charge on any atom is -0.486 e. The fraction of sp³-hybridized carbons (Fsp3) is 0.579. The molecule has 4 nitrogen and oxygen atoms in total. The molecule has 2 aliphatic rings. The number of ketones is 1. The van der Waals surface area contributed by atoms with E-state index in [1.54, 1.807) is 0 Å². The number of carbonyl (C=O) groups excluding carboxylic acids is 2. The van der Waals surface area contributed by atoms with E-state index in [-0.39, 0.29) is 17.1 Å². The number of para-hydroxylation sites is 1. The maximum Gasteiger partial charge on any atom is 0.223 e. The van der Waals surface area contributed by atoms with E-state index >= 15 is 0 Å². The van der Waals surface area contributed by atoms with Crippen LogP contribution in [0.1, 0.15) is 56.8 Å². The fourth-order valence-electron chi connectivity index (χ4n) is 3.45. The zero-order valence-electron chi connectivity index (χ0n) is 14.2. The van der Waals surface area contributed by atoms with E-state index in [4.69, 9.17) is 4.74 Å². The Morgan fingerprint density at radius 2 is 1.87 bits per heavy atom.